The Labute approximate surface area is 152 Å². The van der Waals surface area contributed by atoms with Gasteiger partial charge in [-0.3, -0.25) is 9.59 Å². The van der Waals surface area contributed by atoms with Crippen molar-refractivity contribution >= 4 is 17.2 Å². The van der Waals surface area contributed by atoms with Gasteiger partial charge in [-0.1, -0.05) is 12.1 Å². The van der Waals surface area contributed by atoms with E-state index in [9.17, 15) is 9.59 Å². The van der Waals surface area contributed by atoms with Crippen LogP contribution in [0.1, 0.15) is 5.56 Å². The Bertz CT molecular complexity index is 998. The largest absolute Gasteiger partial charge is 0.454 e. The van der Waals surface area contributed by atoms with Gasteiger partial charge in [0.25, 0.3) is 5.56 Å². The van der Waals surface area contributed by atoms with Crippen LogP contribution in [0.25, 0.3) is 10.6 Å². The molecule has 0 fully saturated rings. The number of nitrogens with one attached hydrogen (secondary N) is 1. The lowest BCUT2D eigenvalue weighted by Gasteiger charge is -2.08. The number of hydrogen-bond donors (Lipinski definition) is 1. The van der Waals surface area contributed by atoms with Crippen molar-refractivity contribution in [3.63, 3.8) is 0 Å². The van der Waals surface area contributed by atoms with E-state index in [1.165, 1.54) is 22.1 Å². The van der Waals surface area contributed by atoms with E-state index >= 15 is 0 Å². The maximum Gasteiger partial charge on any atom is 0.267 e. The molecule has 0 bridgehead atoms. The first-order chi connectivity index (χ1) is 12.7. The Hall–Kier alpha value is -3.13. The topological polar surface area (TPSA) is 82.5 Å². The normalized spacial score (nSPS) is 12.2. The number of fused-ring (bicyclic) bond motifs is 1. The Balaban J connectivity index is 1.42. The summed E-state index contributed by atoms with van der Waals surface area (Å²) < 4.78 is 11.7. The third-order valence-electron chi connectivity index (χ3n) is 3.86. The van der Waals surface area contributed by atoms with E-state index in [2.05, 4.69) is 10.4 Å². The van der Waals surface area contributed by atoms with Gasteiger partial charge in [-0.05, 0) is 35.2 Å². The van der Waals surface area contributed by atoms with Gasteiger partial charge in [-0.2, -0.15) is 5.10 Å². The number of thiophene rings is 1. The molecule has 0 aliphatic carbocycles. The molecule has 3 aromatic rings. The minimum absolute atomic E-state index is 0.136. The van der Waals surface area contributed by atoms with Crippen LogP contribution in [-0.2, 0) is 17.9 Å². The molecule has 0 radical (unpaired) electrons. The van der Waals surface area contributed by atoms with Gasteiger partial charge in [0.15, 0.2) is 11.5 Å². The molecule has 0 spiro atoms. The molecular formula is C18H15N3O4S. The van der Waals surface area contributed by atoms with Gasteiger partial charge in [0.05, 0.1) is 4.88 Å². The molecule has 0 saturated carbocycles. The molecule has 3 heterocycles. The zero-order chi connectivity index (χ0) is 17.9. The monoisotopic (exact) mass is 369 g/mol. The van der Waals surface area contributed by atoms with Crippen LogP contribution in [0.3, 0.4) is 0 Å². The summed E-state index contributed by atoms with van der Waals surface area (Å²) in [6.45, 7) is 0.401. The zero-order valence-corrected chi connectivity index (χ0v) is 14.5. The van der Waals surface area contributed by atoms with E-state index in [-0.39, 0.29) is 24.8 Å². The van der Waals surface area contributed by atoms with Crippen LogP contribution in [0, 0.1) is 0 Å². The summed E-state index contributed by atoms with van der Waals surface area (Å²) in [5.74, 6) is 1.07. The third-order valence-corrected chi connectivity index (χ3v) is 4.75. The van der Waals surface area contributed by atoms with Crippen molar-refractivity contribution in [3.05, 3.63) is 63.8 Å². The SMILES string of the molecule is O=C(Cn1nc(-c2cccs2)ccc1=O)NCc1ccc2c(c1)OCO2. The summed E-state index contributed by atoms with van der Waals surface area (Å²) in [7, 11) is 0. The van der Waals surface area contributed by atoms with E-state index < -0.39 is 0 Å². The molecule has 0 unspecified atom stereocenters. The summed E-state index contributed by atoms with van der Waals surface area (Å²) in [6, 6.07) is 12.4. The standard InChI is InChI=1S/C18H15N3O4S/c22-17(19-9-12-3-5-14-15(8-12)25-11-24-14)10-21-18(23)6-4-13(20-21)16-2-1-7-26-16/h1-8H,9-11H2,(H,19,22). The molecule has 8 heteroatoms. The second-order valence-electron chi connectivity index (χ2n) is 5.66. The fraction of sp³-hybridized carbons (Fsp3) is 0.167. The molecule has 132 valence electrons. The van der Waals surface area contributed by atoms with E-state index in [0.29, 0.717) is 23.7 Å². The van der Waals surface area contributed by atoms with E-state index in [1.807, 2.05) is 29.6 Å². The number of hydrogen-bond acceptors (Lipinski definition) is 6. The van der Waals surface area contributed by atoms with Crippen molar-refractivity contribution in [2.75, 3.05) is 6.79 Å². The highest BCUT2D eigenvalue weighted by molar-refractivity contribution is 7.13. The first-order valence-electron chi connectivity index (χ1n) is 7.96. The number of amides is 1. The number of aromatic nitrogens is 2. The van der Waals surface area contributed by atoms with Crippen molar-refractivity contribution in [3.8, 4) is 22.1 Å². The molecule has 1 aliphatic rings. The maximum absolute atomic E-state index is 12.2. The van der Waals surface area contributed by atoms with Gasteiger partial charge in [-0.25, -0.2) is 4.68 Å². The number of rotatable bonds is 5. The molecular weight excluding hydrogens is 354 g/mol. The van der Waals surface area contributed by atoms with Gasteiger partial charge < -0.3 is 14.8 Å². The van der Waals surface area contributed by atoms with E-state index in [1.54, 1.807) is 12.1 Å². The van der Waals surface area contributed by atoms with Crippen LogP contribution in [0.4, 0.5) is 0 Å². The van der Waals surface area contributed by atoms with Crippen molar-refractivity contribution in [1.82, 2.24) is 15.1 Å². The lowest BCUT2D eigenvalue weighted by atomic mass is 10.2. The molecule has 7 nitrogen and oxygen atoms in total. The van der Waals surface area contributed by atoms with Gasteiger partial charge in [-0.15, -0.1) is 11.3 Å². The summed E-state index contributed by atoms with van der Waals surface area (Å²) >= 11 is 1.53. The third kappa shape index (κ3) is 3.45. The lowest BCUT2D eigenvalue weighted by Crippen LogP contribution is -2.33. The lowest BCUT2D eigenvalue weighted by molar-refractivity contribution is -0.122. The van der Waals surface area contributed by atoms with E-state index in [4.69, 9.17) is 9.47 Å². The first-order valence-corrected chi connectivity index (χ1v) is 8.84. The molecule has 0 atom stereocenters. The van der Waals surface area contributed by atoms with Crippen molar-refractivity contribution < 1.29 is 14.3 Å². The molecule has 1 aliphatic heterocycles. The number of nitrogens with zero attached hydrogens (tertiary/aromatic N) is 2. The van der Waals surface area contributed by atoms with Crippen LogP contribution < -0.4 is 20.3 Å². The maximum atomic E-state index is 12.2. The molecule has 26 heavy (non-hydrogen) atoms. The summed E-state index contributed by atoms with van der Waals surface area (Å²) in [5, 5.41) is 9.00. The van der Waals surface area contributed by atoms with Crippen LogP contribution in [-0.4, -0.2) is 22.5 Å². The highest BCUT2D eigenvalue weighted by Gasteiger charge is 2.14. The number of ether oxygens (including phenoxy) is 2. The van der Waals surface area contributed by atoms with Crippen LogP contribution in [0.15, 0.2) is 52.6 Å². The number of carbonyl (C=O) groups excluding carboxylic acids is 1. The van der Waals surface area contributed by atoms with Crippen LogP contribution >= 0.6 is 11.3 Å². The zero-order valence-electron chi connectivity index (χ0n) is 13.7. The molecule has 4 rings (SSSR count). The molecule has 1 aromatic carbocycles. The Kier molecular flexibility index (Phi) is 4.40. The molecule has 1 N–H and O–H groups in total. The van der Waals surface area contributed by atoms with Crippen molar-refractivity contribution in [2.24, 2.45) is 0 Å². The van der Waals surface area contributed by atoms with Crippen molar-refractivity contribution in [2.45, 2.75) is 13.1 Å². The highest BCUT2D eigenvalue weighted by atomic mass is 32.1. The Morgan fingerprint density at radius 3 is 2.92 bits per heavy atom. The van der Waals surface area contributed by atoms with E-state index in [0.717, 1.165) is 10.4 Å². The summed E-state index contributed by atoms with van der Waals surface area (Å²) in [5.41, 5.74) is 1.24. The molecule has 0 saturated heterocycles. The van der Waals surface area contributed by atoms with Gasteiger partial charge in [0, 0.05) is 12.6 Å². The summed E-state index contributed by atoms with van der Waals surface area (Å²) in [6.07, 6.45) is 0. The van der Waals surface area contributed by atoms with Crippen LogP contribution in [0.5, 0.6) is 11.5 Å². The smallest absolute Gasteiger partial charge is 0.267 e. The minimum Gasteiger partial charge on any atom is -0.454 e. The van der Waals surface area contributed by atoms with Gasteiger partial charge in [0.2, 0.25) is 12.7 Å². The fourth-order valence-corrected chi connectivity index (χ4v) is 3.25. The second-order valence-corrected chi connectivity index (χ2v) is 6.60. The molecule has 2 aromatic heterocycles. The highest BCUT2D eigenvalue weighted by Crippen LogP contribution is 2.32. The fourth-order valence-electron chi connectivity index (χ4n) is 2.56. The number of benzene rings is 1. The average molecular weight is 369 g/mol. The van der Waals surface area contributed by atoms with Gasteiger partial charge >= 0.3 is 0 Å². The second kappa shape index (κ2) is 7.01. The quantitative estimate of drug-likeness (QED) is 0.744. The van der Waals surface area contributed by atoms with Crippen molar-refractivity contribution in [1.29, 1.82) is 0 Å². The minimum atomic E-state index is -0.316. The Morgan fingerprint density at radius 1 is 1.19 bits per heavy atom. The average Bonchev–Trinajstić information content (AvgIpc) is 3.33. The predicted molar refractivity (Wildman–Crippen MR) is 96.2 cm³/mol. The predicted octanol–water partition coefficient (Wildman–Crippen LogP) is 2.02. The first kappa shape index (κ1) is 16.3. The number of carbonyl (C=O) groups is 1. The Morgan fingerprint density at radius 2 is 2.08 bits per heavy atom. The van der Waals surface area contributed by atoms with Gasteiger partial charge in [0.1, 0.15) is 12.2 Å². The molecule has 1 amide bonds. The summed E-state index contributed by atoms with van der Waals surface area (Å²) in [4.78, 5) is 25.1. The van der Waals surface area contributed by atoms with Crippen LogP contribution in [0.2, 0.25) is 0 Å².